The number of ether oxygens (including phenoxy) is 4. The summed E-state index contributed by atoms with van der Waals surface area (Å²) < 4.78 is 22.8. The van der Waals surface area contributed by atoms with Crippen molar-refractivity contribution in [2.24, 2.45) is 0 Å². The number of piperazine rings is 1. The van der Waals surface area contributed by atoms with Crippen molar-refractivity contribution in [2.75, 3.05) is 33.3 Å². The molecule has 1 saturated heterocycles. The number of rotatable bonds is 12. The Bertz CT molecular complexity index is 2300. The molecule has 3 heterocycles. The fourth-order valence-corrected chi connectivity index (χ4v) is 6.13. The fraction of sp³-hybridized carbons (Fsp3) is 0.163. The number of carbonyl (C=O) groups is 1. The first-order valence-electron chi connectivity index (χ1n) is 17.4. The van der Waals surface area contributed by atoms with E-state index in [2.05, 4.69) is 33.1 Å². The zero-order valence-electron chi connectivity index (χ0n) is 29.5. The number of amides is 1. The van der Waals surface area contributed by atoms with Crippen LogP contribution in [0, 0.1) is 11.3 Å². The molecule has 1 fully saturated rings. The maximum Gasteiger partial charge on any atom is 0.246 e. The second-order valence-corrected chi connectivity index (χ2v) is 13.0. The molecule has 270 valence electrons. The minimum atomic E-state index is -0.0405. The zero-order chi connectivity index (χ0) is 37.3. The Balaban J connectivity index is 0.860. The molecule has 0 spiro atoms. The smallest absolute Gasteiger partial charge is 0.246 e. The van der Waals surface area contributed by atoms with Gasteiger partial charge in [-0.15, -0.1) is 0 Å². The molecule has 0 bridgehead atoms. The largest absolute Gasteiger partial charge is 0.497 e. The topological polar surface area (TPSA) is 110 Å². The summed E-state index contributed by atoms with van der Waals surface area (Å²) in [4.78, 5) is 26.3. The lowest BCUT2D eigenvalue weighted by atomic mass is 10.1. The van der Waals surface area contributed by atoms with Crippen molar-refractivity contribution < 1.29 is 23.7 Å². The van der Waals surface area contributed by atoms with E-state index in [1.807, 2.05) is 65.6 Å². The van der Waals surface area contributed by atoms with E-state index in [1.165, 1.54) is 5.56 Å². The monoisotopic (exact) mass is 737 g/mol. The van der Waals surface area contributed by atoms with E-state index in [9.17, 15) is 4.79 Å². The Morgan fingerprint density at radius 1 is 0.815 bits per heavy atom. The van der Waals surface area contributed by atoms with E-state index in [4.69, 9.17) is 35.8 Å². The highest BCUT2D eigenvalue weighted by molar-refractivity contribution is 6.32. The van der Waals surface area contributed by atoms with Gasteiger partial charge in [0.25, 0.3) is 0 Å². The number of carbonyl (C=O) groups excluding carboxylic acids is 1. The molecule has 10 nitrogen and oxygen atoms in total. The van der Waals surface area contributed by atoms with Crippen LogP contribution in [0.2, 0.25) is 5.02 Å². The Kier molecular flexibility index (Phi) is 11.3. The highest BCUT2D eigenvalue weighted by Gasteiger charge is 2.20. The molecule has 1 amide bonds. The molecule has 0 N–H and O–H groups in total. The SMILES string of the molecule is COc1ccc(Oc2ccc3cc(CN4CCN(C(=O)C=Cc5ccc(Oc6ccc(OCc7ccc(C#N)cc7)cn6)c(Cl)c5)CC4)ccc3n2)cc1. The highest BCUT2D eigenvalue weighted by Crippen LogP contribution is 2.31. The van der Waals surface area contributed by atoms with Crippen molar-refractivity contribution in [2.45, 2.75) is 13.2 Å². The summed E-state index contributed by atoms with van der Waals surface area (Å²) in [6.45, 7) is 3.98. The molecule has 2 aromatic heterocycles. The average molecular weight is 738 g/mol. The highest BCUT2D eigenvalue weighted by atomic mass is 35.5. The maximum atomic E-state index is 13.0. The molecular formula is C43H36ClN5O5. The average Bonchev–Trinajstić information content (AvgIpc) is 3.21. The van der Waals surface area contributed by atoms with Gasteiger partial charge in [0.05, 0.1) is 35.5 Å². The number of benzene rings is 4. The second kappa shape index (κ2) is 16.9. The minimum Gasteiger partial charge on any atom is -0.497 e. The number of nitriles is 1. The maximum absolute atomic E-state index is 13.0. The number of nitrogens with zero attached hydrogens (tertiary/aromatic N) is 5. The van der Waals surface area contributed by atoms with Crippen LogP contribution in [0.5, 0.6) is 34.8 Å². The molecule has 0 atom stereocenters. The van der Waals surface area contributed by atoms with E-state index in [-0.39, 0.29) is 5.91 Å². The van der Waals surface area contributed by atoms with Crippen LogP contribution in [0.3, 0.4) is 0 Å². The first kappa shape index (κ1) is 36.0. The second-order valence-electron chi connectivity index (χ2n) is 12.6. The van der Waals surface area contributed by atoms with E-state index < -0.39 is 0 Å². The Morgan fingerprint density at radius 2 is 1.56 bits per heavy atom. The van der Waals surface area contributed by atoms with Gasteiger partial charge < -0.3 is 23.8 Å². The first-order valence-corrected chi connectivity index (χ1v) is 17.7. The predicted molar refractivity (Wildman–Crippen MR) is 207 cm³/mol. The Hall–Kier alpha value is -6.41. The van der Waals surface area contributed by atoms with Crippen LogP contribution in [-0.2, 0) is 17.9 Å². The van der Waals surface area contributed by atoms with Crippen molar-refractivity contribution in [3.05, 3.63) is 149 Å². The molecule has 1 aliphatic rings. The van der Waals surface area contributed by atoms with Crippen LogP contribution in [0.15, 0.2) is 121 Å². The van der Waals surface area contributed by atoms with Crippen molar-refractivity contribution in [1.82, 2.24) is 19.8 Å². The van der Waals surface area contributed by atoms with Gasteiger partial charge in [-0.25, -0.2) is 9.97 Å². The van der Waals surface area contributed by atoms with Crippen LogP contribution in [-0.4, -0.2) is 59.0 Å². The van der Waals surface area contributed by atoms with Gasteiger partial charge in [0.15, 0.2) is 0 Å². The zero-order valence-corrected chi connectivity index (χ0v) is 30.3. The van der Waals surface area contributed by atoms with E-state index >= 15 is 0 Å². The molecule has 6 aromatic rings. The number of halogens is 1. The van der Waals surface area contributed by atoms with Crippen molar-refractivity contribution >= 4 is 34.5 Å². The van der Waals surface area contributed by atoms with Crippen molar-refractivity contribution in [3.8, 4) is 40.8 Å². The Morgan fingerprint density at radius 3 is 2.28 bits per heavy atom. The standard InChI is InChI=1S/C43H36ClN5O5/c1-51-35-10-12-36(13-11-35)53-42-17-9-34-24-33(6-15-39(34)47-42)28-48-20-22-49(23-21-48)43(50)19-8-30-7-16-40(38(44)25-30)54-41-18-14-37(27-46-41)52-29-32-4-2-31(26-45)3-5-32/h2-19,24-25,27H,20-23,28-29H2,1H3. The fourth-order valence-electron chi connectivity index (χ4n) is 5.90. The summed E-state index contributed by atoms with van der Waals surface area (Å²) in [5.74, 6) is 3.35. The molecular weight excluding hydrogens is 702 g/mol. The molecule has 0 unspecified atom stereocenters. The molecule has 1 aliphatic heterocycles. The van der Waals surface area contributed by atoms with Gasteiger partial charge in [-0.05, 0) is 95.6 Å². The summed E-state index contributed by atoms with van der Waals surface area (Å²) in [5.41, 5.74) is 4.38. The predicted octanol–water partition coefficient (Wildman–Crippen LogP) is 8.68. The van der Waals surface area contributed by atoms with Gasteiger partial charge >= 0.3 is 0 Å². The molecule has 7 rings (SSSR count). The molecule has 0 saturated carbocycles. The van der Waals surface area contributed by atoms with Crippen LogP contribution in [0.4, 0.5) is 0 Å². The van der Waals surface area contributed by atoms with Crippen LogP contribution in [0.25, 0.3) is 17.0 Å². The molecule has 0 aliphatic carbocycles. The number of hydrogen-bond acceptors (Lipinski definition) is 9. The summed E-state index contributed by atoms with van der Waals surface area (Å²) in [5, 5.41) is 10.4. The number of methoxy groups -OCH3 is 1. The van der Waals surface area contributed by atoms with E-state index in [1.54, 1.807) is 61.9 Å². The van der Waals surface area contributed by atoms with Crippen LogP contribution in [0.1, 0.15) is 22.3 Å². The third kappa shape index (κ3) is 9.33. The molecule has 0 radical (unpaired) electrons. The molecule has 54 heavy (non-hydrogen) atoms. The van der Waals surface area contributed by atoms with Gasteiger partial charge in [-0.2, -0.15) is 5.26 Å². The van der Waals surface area contributed by atoms with E-state index in [0.29, 0.717) is 59.3 Å². The van der Waals surface area contributed by atoms with Crippen molar-refractivity contribution in [1.29, 1.82) is 5.26 Å². The normalized spacial score (nSPS) is 13.1. The number of aromatic nitrogens is 2. The summed E-state index contributed by atoms with van der Waals surface area (Å²) in [7, 11) is 1.63. The van der Waals surface area contributed by atoms with Gasteiger partial charge in [-0.1, -0.05) is 35.9 Å². The minimum absolute atomic E-state index is 0.0405. The van der Waals surface area contributed by atoms with Gasteiger partial charge in [-0.3, -0.25) is 9.69 Å². The van der Waals surface area contributed by atoms with E-state index in [0.717, 1.165) is 47.4 Å². The summed E-state index contributed by atoms with van der Waals surface area (Å²) in [6, 6.07) is 35.7. The summed E-state index contributed by atoms with van der Waals surface area (Å²) >= 11 is 6.53. The quantitative estimate of drug-likeness (QED) is 0.114. The lowest BCUT2D eigenvalue weighted by molar-refractivity contribution is -0.127. The first-order chi connectivity index (χ1) is 26.4. The van der Waals surface area contributed by atoms with Gasteiger partial charge in [0, 0.05) is 56.3 Å². The lowest BCUT2D eigenvalue weighted by Crippen LogP contribution is -2.47. The molecule has 11 heteroatoms. The number of hydrogen-bond donors (Lipinski definition) is 0. The molecule has 4 aromatic carbocycles. The van der Waals surface area contributed by atoms with Crippen LogP contribution < -0.4 is 18.9 Å². The number of fused-ring (bicyclic) bond motifs is 1. The number of pyridine rings is 2. The van der Waals surface area contributed by atoms with Crippen molar-refractivity contribution in [3.63, 3.8) is 0 Å². The third-order valence-corrected chi connectivity index (χ3v) is 9.18. The third-order valence-electron chi connectivity index (χ3n) is 8.89. The van der Waals surface area contributed by atoms with Gasteiger partial charge in [0.2, 0.25) is 17.7 Å². The van der Waals surface area contributed by atoms with Crippen LogP contribution >= 0.6 is 11.6 Å². The summed E-state index contributed by atoms with van der Waals surface area (Å²) in [6.07, 6.45) is 4.93. The Labute approximate surface area is 318 Å². The lowest BCUT2D eigenvalue weighted by Gasteiger charge is -2.34. The van der Waals surface area contributed by atoms with Gasteiger partial charge in [0.1, 0.15) is 29.6 Å².